The first kappa shape index (κ1) is 13.4. The molecule has 0 saturated heterocycles. The average Bonchev–Trinajstić information content (AvgIpc) is 2.25. The van der Waals surface area contributed by atoms with E-state index in [0.717, 1.165) is 0 Å². The fourth-order valence-corrected chi connectivity index (χ4v) is 0.761. The zero-order valence-corrected chi connectivity index (χ0v) is 8.63. The highest BCUT2D eigenvalue weighted by atomic mass is 16.2. The van der Waals surface area contributed by atoms with Crippen molar-refractivity contribution in [3.63, 3.8) is 0 Å². The molecule has 0 saturated carbocycles. The van der Waals surface area contributed by atoms with Gasteiger partial charge in [-0.1, -0.05) is 0 Å². The molecule has 0 atom stereocenters. The normalized spacial score (nSPS) is 9.20. The molecule has 0 bridgehead atoms. The highest BCUT2D eigenvalue weighted by Gasteiger charge is 2.11. The van der Waals surface area contributed by atoms with Crippen molar-refractivity contribution in [3.05, 3.63) is 0 Å². The van der Waals surface area contributed by atoms with Crippen molar-refractivity contribution in [2.75, 3.05) is 26.7 Å². The third-order valence-electron chi connectivity index (χ3n) is 1.55. The van der Waals surface area contributed by atoms with Crippen LogP contribution in [0.4, 0.5) is 0 Å². The fourth-order valence-electron chi connectivity index (χ4n) is 0.761. The number of nitrogens with one attached hydrogen (secondary N) is 3. The van der Waals surface area contributed by atoms with Gasteiger partial charge in [0.2, 0.25) is 5.91 Å². The summed E-state index contributed by atoms with van der Waals surface area (Å²) in [6.45, 7) is 0.660. The number of amides is 3. The van der Waals surface area contributed by atoms with Crippen molar-refractivity contribution in [3.8, 4) is 0 Å². The van der Waals surface area contributed by atoms with Gasteiger partial charge in [-0.25, -0.2) is 0 Å². The molecule has 7 heteroatoms. The third kappa shape index (κ3) is 6.44. The molecular weight excluding hydrogens is 200 g/mol. The first-order valence-corrected chi connectivity index (χ1v) is 4.58. The van der Waals surface area contributed by atoms with E-state index >= 15 is 0 Å². The number of nitrogens with two attached hydrogens (primary N) is 1. The summed E-state index contributed by atoms with van der Waals surface area (Å²) < 4.78 is 0. The molecule has 0 aliphatic carbocycles. The lowest BCUT2D eigenvalue weighted by atomic mass is 10.4. The summed E-state index contributed by atoms with van der Waals surface area (Å²) in [5, 5.41) is 7.01. The minimum absolute atomic E-state index is 0.133. The van der Waals surface area contributed by atoms with Gasteiger partial charge in [0.05, 0.1) is 0 Å². The van der Waals surface area contributed by atoms with Gasteiger partial charge in [0, 0.05) is 33.1 Å². The van der Waals surface area contributed by atoms with Crippen molar-refractivity contribution in [2.45, 2.75) is 6.42 Å². The van der Waals surface area contributed by atoms with Crippen LogP contribution in [0.3, 0.4) is 0 Å². The molecule has 0 aromatic rings. The predicted molar refractivity (Wildman–Crippen MR) is 53.8 cm³/mol. The van der Waals surface area contributed by atoms with Crippen molar-refractivity contribution >= 4 is 17.7 Å². The molecule has 0 rings (SSSR count). The van der Waals surface area contributed by atoms with Crippen molar-refractivity contribution in [1.82, 2.24) is 16.0 Å². The fraction of sp³-hybridized carbons (Fsp3) is 0.625. The summed E-state index contributed by atoms with van der Waals surface area (Å²) >= 11 is 0. The molecule has 0 aliphatic rings. The van der Waals surface area contributed by atoms with Crippen LogP contribution >= 0.6 is 0 Å². The molecule has 0 fully saturated rings. The monoisotopic (exact) mass is 216 g/mol. The zero-order valence-electron chi connectivity index (χ0n) is 8.63. The third-order valence-corrected chi connectivity index (χ3v) is 1.55. The quantitative estimate of drug-likeness (QED) is 0.375. The van der Waals surface area contributed by atoms with Crippen LogP contribution in [0, 0.1) is 0 Å². The Labute approximate surface area is 87.8 Å². The van der Waals surface area contributed by atoms with Crippen LogP contribution in [0.15, 0.2) is 0 Å². The second-order valence-corrected chi connectivity index (χ2v) is 2.72. The molecular formula is C8H16N4O3. The van der Waals surface area contributed by atoms with E-state index in [2.05, 4.69) is 16.0 Å². The van der Waals surface area contributed by atoms with Crippen LogP contribution in [-0.4, -0.2) is 44.4 Å². The van der Waals surface area contributed by atoms with Crippen LogP contribution in [-0.2, 0) is 14.4 Å². The molecule has 0 unspecified atom stereocenters. The number of hydrogen-bond donors (Lipinski definition) is 4. The van der Waals surface area contributed by atoms with Crippen LogP contribution in [0.2, 0.25) is 0 Å². The number of carbonyl (C=O) groups is 3. The molecule has 0 aromatic heterocycles. The van der Waals surface area contributed by atoms with Gasteiger partial charge in [-0.05, 0) is 0 Å². The van der Waals surface area contributed by atoms with Crippen LogP contribution in [0.5, 0.6) is 0 Å². The van der Waals surface area contributed by atoms with Gasteiger partial charge >= 0.3 is 11.8 Å². The van der Waals surface area contributed by atoms with Crippen LogP contribution < -0.4 is 21.7 Å². The van der Waals surface area contributed by atoms with E-state index in [1.807, 2.05) is 0 Å². The average molecular weight is 216 g/mol. The van der Waals surface area contributed by atoms with Gasteiger partial charge in [0.1, 0.15) is 0 Å². The summed E-state index contributed by atoms with van der Waals surface area (Å²) in [4.78, 5) is 32.7. The van der Waals surface area contributed by atoms with Gasteiger partial charge < -0.3 is 21.7 Å². The Morgan fingerprint density at radius 2 is 1.60 bits per heavy atom. The summed E-state index contributed by atoms with van der Waals surface area (Å²) in [5.74, 6) is -1.69. The molecule has 15 heavy (non-hydrogen) atoms. The molecule has 86 valence electrons. The highest BCUT2D eigenvalue weighted by molar-refractivity contribution is 6.35. The van der Waals surface area contributed by atoms with Gasteiger partial charge in [-0.15, -0.1) is 0 Å². The van der Waals surface area contributed by atoms with E-state index < -0.39 is 11.8 Å². The highest BCUT2D eigenvalue weighted by Crippen LogP contribution is 1.76. The second-order valence-electron chi connectivity index (χ2n) is 2.72. The van der Waals surface area contributed by atoms with Crippen LogP contribution in [0.1, 0.15) is 6.42 Å². The molecule has 0 heterocycles. The Bertz CT molecular complexity index is 242. The van der Waals surface area contributed by atoms with Crippen molar-refractivity contribution < 1.29 is 14.4 Å². The van der Waals surface area contributed by atoms with Gasteiger partial charge in [-0.2, -0.15) is 0 Å². The number of carbonyl (C=O) groups excluding carboxylic acids is 3. The van der Waals surface area contributed by atoms with Gasteiger partial charge in [0.15, 0.2) is 0 Å². The van der Waals surface area contributed by atoms with E-state index in [1.54, 1.807) is 0 Å². The maximum absolute atomic E-state index is 11.0. The Balaban J connectivity index is 3.64. The number of rotatable bonds is 5. The first-order valence-electron chi connectivity index (χ1n) is 4.58. The first-order chi connectivity index (χ1) is 7.11. The van der Waals surface area contributed by atoms with E-state index in [-0.39, 0.29) is 32.0 Å². The topological polar surface area (TPSA) is 113 Å². The molecule has 3 amide bonds. The molecule has 5 N–H and O–H groups in total. The molecule has 0 radical (unpaired) electrons. The van der Waals surface area contributed by atoms with Gasteiger partial charge in [0.25, 0.3) is 0 Å². The number of hydrogen-bond acceptors (Lipinski definition) is 4. The Hall–Kier alpha value is -1.63. The summed E-state index contributed by atoms with van der Waals surface area (Å²) in [6.07, 6.45) is 0.145. The Morgan fingerprint density at radius 3 is 2.07 bits per heavy atom. The molecule has 0 spiro atoms. The lowest BCUT2D eigenvalue weighted by Gasteiger charge is -2.04. The largest absolute Gasteiger partial charge is 0.359 e. The SMILES string of the molecule is CNC(=O)CCNC(=O)C(=O)NCCN. The van der Waals surface area contributed by atoms with E-state index in [4.69, 9.17) is 5.73 Å². The van der Waals surface area contributed by atoms with Crippen molar-refractivity contribution in [2.24, 2.45) is 5.73 Å². The molecule has 0 aliphatic heterocycles. The second kappa shape index (κ2) is 7.74. The Kier molecular flexibility index (Phi) is 6.90. The van der Waals surface area contributed by atoms with E-state index in [1.165, 1.54) is 7.05 Å². The zero-order chi connectivity index (χ0) is 11.7. The van der Waals surface area contributed by atoms with Crippen LogP contribution in [0.25, 0.3) is 0 Å². The Morgan fingerprint density at radius 1 is 1.07 bits per heavy atom. The lowest BCUT2D eigenvalue weighted by molar-refractivity contribution is -0.139. The standard InChI is InChI=1S/C8H16N4O3/c1-10-6(13)2-4-11-7(14)8(15)12-5-3-9/h2-5,9H2,1H3,(H,10,13)(H,11,14)(H,12,15). The maximum atomic E-state index is 11.0. The van der Waals surface area contributed by atoms with Crippen molar-refractivity contribution in [1.29, 1.82) is 0 Å². The molecule has 0 aromatic carbocycles. The summed E-state index contributed by atoms with van der Waals surface area (Å²) in [5.41, 5.74) is 5.14. The van der Waals surface area contributed by atoms with E-state index in [0.29, 0.717) is 0 Å². The summed E-state index contributed by atoms with van der Waals surface area (Å²) in [6, 6.07) is 0. The lowest BCUT2D eigenvalue weighted by Crippen LogP contribution is -2.42. The maximum Gasteiger partial charge on any atom is 0.309 e. The summed E-state index contributed by atoms with van der Waals surface area (Å²) in [7, 11) is 1.50. The van der Waals surface area contributed by atoms with Gasteiger partial charge in [-0.3, -0.25) is 14.4 Å². The molecule has 7 nitrogen and oxygen atoms in total. The van der Waals surface area contributed by atoms with E-state index in [9.17, 15) is 14.4 Å². The smallest absolute Gasteiger partial charge is 0.309 e. The predicted octanol–water partition coefficient (Wildman–Crippen LogP) is -2.69. The minimum Gasteiger partial charge on any atom is -0.359 e. The minimum atomic E-state index is -0.757.